The number of para-hydroxylation sites is 2. The van der Waals surface area contributed by atoms with Crippen LogP contribution in [0.25, 0.3) is 22.3 Å². The van der Waals surface area contributed by atoms with Crippen LogP contribution in [0.3, 0.4) is 0 Å². The van der Waals surface area contributed by atoms with Gasteiger partial charge in [-0.1, -0.05) is 42.5 Å². The standard InChI is InChI=1S/C18H16N2O3/c1-2-23-16(21)12-20-15-11-7-6-10-14(15)19-17(18(20)22)13-8-4-3-5-9-13/h3-11H,2,12H2,1H3. The Hall–Kier alpha value is -2.95. The molecule has 0 fully saturated rings. The molecule has 2 aromatic carbocycles. The SMILES string of the molecule is CCOC(=O)Cn1c(=O)c(-c2ccccc2)nc2ccccc21. The predicted octanol–water partition coefficient (Wildman–Crippen LogP) is 2.63. The highest BCUT2D eigenvalue weighted by molar-refractivity contribution is 5.80. The highest BCUT2D eigenvalue weighted by atomic mass is 16.5. The van der Waals surface area contributed by atoms with E-state index >= 15 is 0 Å². The summed E-state index contributed by atoms with van der Waals surface area (Å²) in [6.07, 6.45) is 0. The monoisotopic (exact) mass is 308 g/mol. The summed E-state index contributed by atoms with van der Waals surface area (Å²) in [4.78, 5) is 29.1. The van der Waals surface area contributed by atoms with E-state index < -0.39 is 5.97 Å². The van der Waals surface area contributed by atoms with Crippen LogP contribution in [-0.2, 0) is 16.1 Å². The molecular weight excluding hydrogens is 292 g/mol. The molecule has 3 aromatic rings. The van der Waals surface area contributed by atoms with Crippen LogP contribution in [0.15, 0.2) is 59.4 Å². The maximum atomic E-state index is 12.8. The topological polar surface area (TPSA) is 61.2 Å². The minimum Gasteiger partial charge on any atom is -0.465 e. The number of nitrogens with zero attached hydrogens (tertiary/aromatic N) is 2. The second-order valence-corrected chi connectivity index (χ2v) is 5.01. The molecule has 0 radical (unpaired) electrons. The smallest absolute Gasteiger partial charge is 0.326 e. The van der Waals surface area contributed by atoms with Crippen molar-refractivity contribution in [1.29, 1.82) is 0 Å². The number of hydrogen-bond acceptors (Lipinski definition) is 4. The van der Waals surface area contributed by atoms with Gasteiger partial charge >= 0.3 is 5.97 Å². The van der Waals surface area contributed by atoms with Gasteiger partial charge in [0, 0.05) is 5.56 Å². The fraction of sp³-hybridized carbons (Fsp3) is 0.167. The van der Waals surface area contributed by atoms with E-state index in [1.54, 1.807) is 13.0 Å². The Morgan fingerprint density at radius 1 is 1.09 bits per heavy atom. The Balaban J connectivity index is 2.22. The summed E-state index contributed by atoms with van der Waals surface area (Å²) < 4.78 is 6.40. The Morgan fingerprint density at radius 3 is 2.52 bits per heavy atom. The molecule has 5 heteroatoms. The van der Waals surface area contributed by atoms with Gasteiger partial charge in [0.25, 0.3) is 5.56 Å². The van der Waals surface area contributed by atoms with Gasteiger partial charge in [-0.3, -0.25) is 14.2 Å². The fourth-order valence-corrected chi connectivity index (χ4v) is 2.47. The number of aromatic nitrogens is 2. The zero-order valence-corrected chi connectivity index (χ0v) is 12.7. The lowest BCUT2D eigenvalue weighted by Gasteiger charge is -2.11. The summed E-state index contributed by atoms with van der Waals surface area (Å²) in [6, 6.07) is 16.5. The molecule has 116 valence electrons. The number of esters is 1. The lowest BCUT2D eigenvalue weighted by Crippen LogP contribution is -2.28. The van der Waals surface area contributed by atoms with Gasteiger partial charge in [0.1, 0.15) is 12.2 Å². The maximum Gasteiger partial charge on any atom is 0.326 e. The van der Waals surface area contributed by atoms with E-state index in [1.807, 2.05) is 48.5 Å². The van der Waals surface area contributed by atoms with Crippen LogP contribution in [0.4, 0.5) is 0 Å². The number of benzene rings is 2. The summed E-state index contributed by atoms with van der Waals surface area (Å²) in [7, 11) is 0. The number of carbonyl (C=O) groups is 1. The van der Waals surface area contributed by atoms with Crippen molar-refractivity contribution in [1.82, 2.24) is 9.55 Å². The summed E-state index contributed by atoms with van der Waals surface area (Å²) in [5, 5.41) is 0. The lowest BCUT2D eigenvalue weighted by atomic mass is 10.1. The van der Waals surface area contributed by atoms with E-state index in [1.165, 1.54) is 4.57 Å². The van der Waals surface area contributed by atoms with Crippen molar-refractivity contribution in [3.05, 3.63) is 65.0 Å². The molecule has 0 aliphatic rings. The van der Waals surface area contributed by atoms with Crippen LogP contribution < -0.4 is 5.56 Å². The van der Waals surface area contributed by atoms with Gasteiger partial charge < -0.3 is 4.74 Å². The summed E-state index contributed by atoms with van der Waals surface area (Å²) in [5.74, 6) is -0.440. The largest absolute Gasteiger partial charge is 0.465 e. The van der Waals surface area contributed by atoms with Gasteiger partial charge in [-0.25, -0.2) is 4.98 Å². The highest BCUT2D eigenvalue weighted by Crippen LogP contribution is 2.17. The zero-order valence-electron chi connectivity index (χ0n) is 12.7. The average molecular weight is 308 g/mol. The van der Waals surface area contributed by atoms with Crippen molar-refractivity contribution in [3.63, 3.8) is 0 Å². The van der Waals surface area contributed by atoms with Gasteiger partial charge in [-0.2, -0.15) is 0 Å². The minimum absolute atomic E-state index is 0.129. The van der Waals surface area contributed by atoms with Gasteiger partial charge in [0.2, 0.25) is 0 Å². The Morgan fingerprint density at radius 2 is 1.78 bits per heavy atom. The normalized spacial score (nSPS) is 10.7. The van der Waals surface area contributed by atoms with E-state index in [0.29, 0.717) is 16.7 Å². The quantitative estimate of drug-likeness (QED) is 0.695. The van der Waals surface area contributed by atoms with Gasteiger partial charge in [0.05, 0.1) is 17.6 Å². The van der Waals surface area contributed by atoms with Crippen LogP contribution in [-0.4, -0.2) is 22.1 Å². The Kier molecular flexibility index (Phi) is 4.19. The summed E-state index contributed by atoms with van der Waals surface area (Å²) >= 11 is 0. The molecule has 3 rings (SSSR count). The number of rotatable bonds is 4. The van der Waals surface area contributed by atoms with E-state index in [4.69, 9.17) is 4.74 Å². The van der Waals surface area contributed by atoms with Gasteiger partial charge in [0.15, 0.2) is 0 Å². The minimum atomic E-state index is -0.440. The molecule has 0 saturated carbocycles. The van der Waals surface area contributed by atoms with Crippen molar-refractivity contribution in [2.75, 3.05) is 6.61 Å². The molecule has 0 atom stereocenters. The Bertz CT molecular complexity index is 901. The number of ether oxygens (including phenoxy) is 1. The van der Waals surface area contributed by atoms with E-state index in [-0.39, 0.29) is 18.7 Å². The molecular formula is C18H16N2O3. The molecule has 23 heavy (non-hydrogen) atoms. The van der Waals surface area contributed by atoms with Crippen molar-refractivity contribution < 1.29 is 9.53 Å². The first kappa shape index (κ1) is 15.0. The molecule has 0 spiro atoms. The third-order valence-electron chi connectivity index (χ3n) is 3.49. The van der Waals surface area contributed by atoms with Crippen LogP contribution in [0.2, 0.25) is 0 Å². The van der Waals surface area contributed by atoms with Gasteiger partial charge in [-0.15, -0.1) is 0 Å². The molecule has 0 bridgehead atoms. The highest BCUT2D eigenvalue weighted by Gasteiger charge is 2.15. The Labute approximate surface area is 133 Å². The first-order valence-corrected chi connectivity index (χ1v) is 7.41. The zero-order chi connectivity index (χ0) is 16.2. The molecule has 0 saturated heterocycles. The second-order valence-electron chi connectivity index (χ2n) is 5.01. The molecule has 1 aromatic heterocycles. The van der Waals surface area contributed by atoms with E-state index in [0.717, 1.165) is 5.56 Å². The molecule has 0 aliphatic carbocycles. The third-order valence-corrected chi connectivity index (χ3v) is 3.49. The number of fused-ring (bicyclic) bond motifs is 1. The molecule has 0 amide bonds. The maximum absolute atomic E-state index is 12.8. The van der Waals surface area contributed by atoms with Crippen molar-refractivity contribution in [2.45, 2.75) is 13.5 Å². The van der Waals surface area contributed by atoms with Crippen LogP contribution in [0.1, 0.15) is 6.92 Å². The molecule has 1 heterocycles. The molecule has 5 nitrogen and oxygen atoms in total. The third kappa shape index (κ3) is 2.99. The number of hydrogen-bond donors (Lipinski definition) is 0. The molecule has 0 aliphatic heterocycles. The first-order chi connectivity index (χ1) is 11.2. The van der Waals surface area contributed by atoms with Crippen LogP contribution in [0.5, 0.6) is 0 Å². The summed E-state index contributed by atoms with van der Waals surface area (Å²) in [6.45, 7) is 1.89. The predicted molar refractivity (Wildman–Crippen MR) is 88.1 cm³/mol. The fourth-order valence-electron chi connectivity index (χ4n) is 2.47. The van der Waals surface area contributed by atoms with Crippen LogP contribution >= 0.6 is 0 Å². The van der Waals surface area contributed by atoms with Crippen molar-refractivity contribution >= 4 is 17.0 Å². The van der Waals surface area contributed by atoms with E-state index in [2.05, 4.69) is 4.98 Å². The van der Waals surface area contributed by atoms with Crippen molar-refractivity contribution in [3.8, 4) is 11.3 Å². The first-order valence-electron chi connectivity index (χ1n) is 7.41. The summed E-state index contributed by atoms with van der Waals surface area (Å²) in [5.41, 5.74) is 2.03. The van der Waals surface area contributed by atoms with E-state index in [9.17, 15) is 9.59 Å². The molecule has 0 N–H and O–H groups in total. The lowest BCUT2D eigenvalue weighted by molar-refractivity contribution is -0.143. The second kappa shape index (κ2) is 6.44. The average Bonchev–Trinajstić information content (AvgIpc) is 2.58. The van der Waals surface area contributed by atoms with Crippen molar-refractivity contribution in [2.24, 2.45) is 0 Å². The van der Waals surface area contributed by atoms with Gasteiger partial charge in [-0.05, 0) is 19.1 Å². The van der Waals surface area contributed by atoms with Crippen LogP contribution in [0, 0.1) is 0 Å². The molecule has 0 unspecified atom stereocenters. The number of carbonyl (C=O) groups excluding carboxylic acids is 1.